The van der Waals surface area contributed by atoms with E-state index in [-0.39, 0.29) is 5.41 Å². The van der Waals surface area contributed by atoms with Gasteiger partial charge in [0.25, 0.3) is 0 Å². The minimum atomic E-state index is -0.909. The van der Waals surface area contributed by atoms with Gasteiger partial charge in [-0.15, -0.1) is 0 Å². The highest BCUT2D eigenvalue weighted by Gasteiger charge is 2.26. The number of aliphatic carboxylic acids is 1. The van der Waals surface area contributed by atoms with Crippen molar-refractivity contribution in [1.29, 1.82) is 0 Å². The summed E-state index contributed by atoms with van der Waals surface area (Å²) in [5.41, 5.74) is 5.21. The van der Waals surface area contributed by atoms with Gasteiger partial charge < -0.3 is 5.11 Å². The number of hydrogen-bond acceptors (Lipinski definition) is 1. The Morgan fingerprint density at radius 2 is 2.00 bits per heavy atom. The number of carbonyl (C=O) groups is 1. The molecule has 0 unspecified atom stereocenters. The summed E-state index contributed by atoms with van der Waals surface area (Å²) in [6.45, 7) is 10.8. The molecule has 0 saturated heterocycles. The van der Waals surface area contributed by atoms with Crippen LogP contribution in [0.5, 0.6) is 0 Å². The molecule has 1 N–H and O–H groups in total. The number of carboxylic acid groups (broad SMARTS) is 1. The minimum Gasteiger partial charge on any atom is -0.478 e. The second-order valence-electron chi connectivity index (χ2n) is 6.95. The minimum absolute atomic E-state index is 0.258. The molecule has 126 valence electrons. The first-order chi connectivity index (χ1) is 10.8. The first-order valence-electron chi connectivity index (χ1n) is 8.43. The molecular weight excluding hydrogens is 284 g/mol. The zero-order chi connectivity index (χ0) is 17.5. The Morgan fingerprint density at radius 3 is 2.57 bits per heavy atom. The molecule has 0 fully saturated rings. The number of rotatable bonds is 6. The smallest absolute Gasteiger partial charge is 0.328 e. The summed E-state index contributed by atoms with van der Waals surface area (Å²) in [4.78, 5) is 10.6. The Hall–Kier alpha value is -1.83. The van der Waals surface area contributed by atoms with Gasteiger partial charge in [0.1, 0.15) is 0 Å². The third-order valence-corrected chi connectivity index (χ3v) is 4.44. The molecule has 0 saturated carbocycles. The van der Waals surface area contributed by atoms with Crippen molar-refractivity contribution in [3.8, 4) is 0 Å². The predicted molar refractivity (Wildman–Crippen MR) is 98.4 cm³/mol. The highest BCUT2D eigenvalue weighted by molar-refractivity contribution is 5.81. The van der Waals surface area contributed by atoms with Gasteiger partial charge in [-0.2, -0.15) is 0 Å². The number of hydrogen-bond donors (Lipinski definition) is 1. The Morgan fingerprint density at radius 1 is 1.30 bits per heavy atom. The van der Waals surface area contributed by atoms with E-state index in [9.17, 15) is 4.79 Å². The molecule has 0 heterocycles. The van der Waals surface area contributed by atoms with Crippen molar-refractivity contribution in [2.45, 2.75) is 60.3 Å². The quantitative estimate of drug-likeness (QED) is 0.483. The summed E-state index contributed by atoms with van der Waals surface area (Å²) >= 11 is 0. The second kappa shape index (κ2) is 8.71. The fourth-order valence-corrected chi connectivity index (χ4v) is 3.06. The molecule has 0 bridgehead atoms. The lowest BCUT2D eigenvalue weighted by Gasteiger charge is -2.33. The zero-order valence-electron chi connectivity index (χ0n) is 15.1. The zero-order valence-corrected chi connectivity index (χ0v) is 15.1. The molecule has 0 amide bonds. The molecule has 0 aliphatic heterocycles. The molecular formula is C21H30O2. The van der Waals surface area contributed by atoms with Gasteiger partial charge in [0, 0.05) is 6.08 Å². The summed E-state index contributed by atoms with van der Waals surface area (Å²) in [6, 6.07) is 0. The van der Waals surface area contributed by atoms with E-state index < -0.39 is 5.97 Å². The molecule has 0 radical (unpaired) electrons. The van der Waals surface area contributed by atoms with Gasteiger partial charge in [-0.05, 0) is 61.7 Å². The monoisotopic (exact) mass is 314 g/mol. The lowest BCUT2D eigenvalue weighted by molar-refractivity contribution is -0.131. The summed E-state index contributed by atoms with van der Waals surface area (Å²) in [5, 5.41) is 8.70. The van der Waals surface area contributed by atoms with Gasteiger partial charge in [0.05, 0.1) is 0 Å². The second-order valence-corrected chi connectivity index (χ2v) is 6.95. The van der Waals surface area contributed by atoms with E-state index >= 15 is 0 Å². The van der Waals surface area contributed by atoms with Crippen LogP contribution in [0.1, 0.15) is 60.3 Å². The Kier molecular flexibility index (Phi) is 7.28. The van der Waals surface area contributed by atoms with Crippen molar-refractivity contribution in [3.63, 3.8) is 0 Å². The van der Waals surface area contributed by atoms with E-state index in [1.807, 2.05) is 12.2 Å². The van der Waals surface area contributed by atoms with Crippen LogP contribution in [0.15, 0.2) is 58.7 Å². The van der Waals surface area contributed by atoms with Crippen LogP contribution < -0.4 is 0 Å². The summed E-state index contributed by atoms with van der Waals surface area (Å²) < 4.78 is 0. The van der Waals surface area contributed by atoms with Crippen molar-refractivity contribution in [2.75, 3.05) is 0 Å². The molecule has 0 aromatic rings. The average Bonchev–Trinajstić information content (AvgIpc) is 2.43. The topological polar surface area (TPSA) is 37.3 Å². The highest BCUT2D eigenvalue weighted by Crippen LogP contribution is 2.40. The Labute approximate surface area is 141 Å². The van der Waals surface area contributed by atoms with Crippen LogP contribution in [-0.2, 0) is 4.79 Å². The molecule has 1 aliphatic carbocycles. The molecule has 2 heteroatoms. The molecule has 1 aliphatic rings. The molecule has 1 rings (SSSR count). The van der Waals surface area contributed by atoms with E-state index in [4.69, 9.17) is 5.11 Å². The Balaban J connectivity index is 2.89. The van der Waals surface area contributed by atoms with E-state index in [1.165, 1.54) is 42.1 Å². The average molecular weight is 314 g/mol. The standard InChI is InChI=1S/C21H30O2/c1-6-18(11-7-9-16(2)15-20(22)23)12-13-19-17(3)10-8-14-21(19,4)5/h7,9,11-13,15H,6,8,10,14H2,1-5H3,(H,22,23)/b9-7+,13-12+,16-15+,18-11-. The maximum absolute atomic E-state index is 10.6. The number of allylic oxidation sites excluding steroid dienone is 9. The molecule has 0 aromatic carbocycles. The maximum Gasteiger partial charge on any atom is 0.328 e. The molecule has 0 aromatic heterocycles. The predicted octanol–water partition coefficient (Wildman–Crippen LogP) is 5.99. The summed E-state index contributed by atoms with van der Waals surface area (Å²) in [6.07, 6.45) is 16.2. The van der Waals surface area contributed by atoms with Crippen molar-refractivity contribution < 1.29 is 9.90 Å². The van der Waals surface area contributed by atoms with Crippen molar-refractivity contribution >= 4 is 5.97 Å². The summed E-state index contributed by atoms with van der Waals surface area (Å²) in [7, 11) is 0. The molecule has 0 atom stereocenters. The maximum atomic E-state index is 10.6. The number of carboxylic acids is 1. The molecule has 23 heavy (non-hydrogen) atoms. The normalized spacial score (nSPS) is 19.9. The fourth-order valence-electron chi connectivity index (χ4n) is 3.06. The SMILES string of the molecule is CCC(=C/C=C/C(C)=C/C(=O)O)/C=C/C1=C(C)CCCC1(C)C. The van der Waals surface area contributed by atoms with Crippen LogP contribution in [0.4, 0.5) is 0 Å². The van der Waals surface area contributed by atoms with Crippen LogP contribution in [0.25, 0.3) is 0 Å². The lowest BCUT2D eigenvalue weighted by Crippen LogP contribution is -2.19. The van der Waals surface area contributed by atoms with Gasteiger partial charge in [0.2, 0.25) is 0 Å². The van der Waals surface area contributed by atoms with Gasteiger partial charge in [-0.1, -0.05) is 56.7 Å². The van der Waals surface area contributed by atoms with Gasteiger partial charge in [-0.3, -0.25) is 0 Å². The molecule has 2 nitrogen and oxygen atoms in total. The van der Waals surface area contributed by atoms with E-state index in [1.54, 1.807) is 6.92 Å². The van der Waals surface area contributed by atoms with Crippen molar-refractivity contribution in [1.82, 2.24) is 0 Å². The largest absolute Gasteiger partial charge is 0.478 e. The first-order valence-corrected chi connectivity index (χ1v) is 8.43. The third kappa shape index (κ3) is 6.43. The Bertz CT molecular complexity index is 581. The lowest BCUT2D eigenvalue weighted by atomic mass is 9.72. The first kappa shape index (κ1) is 19.2. The highest BCUT2D eigenvalue weighted by atomic mass is 16.4. The van der Waals surface area contributed by atoms with Crippen molar-refractivity contribution in [2.24, 2.45) is 5.41 Å². The van der Waals surface area contributed by atoms with Gasteiger partial charge >= 0.3 is 5.97 Å². The van der Waals surface area contributed by atoms with Crippen LogP contribution in [0, 0.1) is 5.41 Å². The van der Waals surface area contributed by atoms with Crippen LogP contribution >= 0.6 is 0 Å². The summed E-state index contributed by atoms with van der Waals surface area (Å²) in [5.74, 6) is -0.909. The van der Waals surface area contributed by atoms with Crippen LogP contribution in [-0.4, -0.2) is 11.1 Å². The molecule has 0 spiro atoms. The van der Waals surface area contributed by atoms with Crippen LogP contribution in [0.3, 0.4) is 0 Å². The van der Waals surface area contributed by atoms with Crippen molar-refractivity contribution in [3.05, 3.63) is 58.7 Å². The van der Waals surface area contributed by atoms with E-state index in [0.717, 1.165) is 12.0 Å². The van der Waals surface area contributed by atoms with E-state index in [0.29, 0.717) is 0 Å². The fraction of sp³-hybridized carbons (Fsp3) is 0.476. The van der Waals surface area contributed by atoms with Crippen LogP contribution in [0.2, 0.25) is 0 Å². The van der Waals surface area contributed by atoms with Gasteiger partial charge in [0.15, 0.2) is 0 Å². The van der Waals surface area contributed by atoms with E-state index in [2.05, 4.69) is 45.9 Å². The third-order valence-electron chi connectivity index (χ3n) is 4.44. The van der Waals surface area contributed by atoms with Gasteiger partial charge in [-0.25, -0.2) is 4.79 Å².